The third kappa shape index (κ3) is 2.02. The van der Waals surface area contributed by atoms with E-state index in [2.05, 4.69) is 22.2 Å². The predicted molar refractivity (Wildman–Crippen MR) is 57.1 cm³/mol. The van der Waals surface area contributed by atoms with Crippen LogP contribution in [0, 0.1) is 0 Å². The summed E-state index contributed by atoms with van der Waals surface area (Å²) in [6, 6.07) is 4.49. The van der Waals surface area contributed by atoms with Gasteiger partial charge >= 0.3 is 0 Å². The fraction of sp³-hybridized carbons (Fsp3) is 0.500. The number of likely N-dealkylation sites (N-methyl/N-ethyl adjacent to an activating group) is 1. The molecule has 3 N–H and O–H groups in total. The van der Waals surface area contributed by atoms with Gasteiger partial charge < -0.3 is 16.0 Å². The SMILES string of the molecule is CN1CC(N)C(Nc2ccncc2)C1. The van der Waals surface area contributed by atoms with E-state index in [1.807, 2.05) is 12.1 Å². The van der Waals surface area contributed by atoms with Gasteiger partial charge in [-0.3, -0.25) is 4.98 Å². The second-order valence-electron chi connectivity index (χ2n) is 3.87. The molecule has 2 heterocycles. The van der Waals surface area contributed by atoms with Gasteiger partial charge in [-0.2, -0.15) is 0 Å². The highest BCUT2D eigenvalue weighted by atomic mass is 15.2. The van der Waals surface area contributed by atoms with Crippen LogP contribution in [-0.2, 0) is 0 Å². The second kappa shape index (κ2) is 3.94. The molecular weight excluding hydrogens is 176 g/mol. The van der Waals surface area contributed by atoms with E-state index in [0.29, 0.717) is 6.04 Å². The predicted octanol–water partition coefficient (Wildman–Crippen LogP) is 0.135. The Balaban J connectivity index is 1.98. The molecule has 2 atom stereocenters. The number of pyridine rings is 1. The van der Waals surface area contributed by atoms with E-state index in [1.165, 1.54) is 0 Å². The third-order valence-electron chi connectivity index (χ3n) is 2.58. The van der Waals surface area contributed by atoms with Crippen LogP contribution in [-0.4, -0.2) is 42.1 Å². The maximum Gasteiger partial charge on any atom is 0.0551 e. The molecule has 1 saturated heterocycles. The highest BCUT2D eigenvalue weighted by Crippen LogP contribution is 2.12. The van der Waals surface area contributed by atoms with Gasteiger partial charge in [-0.25, -0.2) is 0 Å². The zero-order valence-corrected chi connectivity index (χ0v) is 8.35. The summed E-state index contributed by atoms with van der Waals surface area (Å²) in [4.78, 5) is 6.21. The van der Waals surface area contributed by atoms with Crippen molar-refractivity contribution in [2.24, 2.45) is 5.73 Å². The first kappa shape index (κ1) is 9.43. The molecule has 1 aromatic heterocycles. The summed E-state index contributed by atoms with van der Waals surface area (Å²) >= 11 is 0. The third-order valence-corrected chi connectivity index (χ3v) is 2.58. The van der Waals surface area contributed by atoms with Crippen LogP contribution in [0.4, 0.5) is 5.69 Å². The molecular formula is C10H16N4. The number of rotatable bonds is 2. The summed E-state index contributed by atoms with van der Waals surface area (Å²) in [5, 5.41) is 3.41. The van der Waals surface area contributed by atoms with Gasteiger partial charge in [-0.15, -0.1) is 0 Å². The van der Waals surface area contributed by atoms with Crippen molar-refractivity contribution in [2.45, 2.75) is 12.1 Å². The summed E-state index contributed by atoms with van der Waals surface area (Å²) < 4.78 is 0. The molecule has 1 fully saturated rings. The first-order valence-corrected chi connectivity index (χ1v) is 4.86. The molecule has 0 aromatic carbocycles. The van der Waals surface area contributed by atoms with Crippen molar-refractivity contribution in [1.82, 2.24) is 9.88 Å². The largest absolute Gasteiger partial charge is 0.379 e. The number of nitrogens with one attached hydrogen (secondary N) is 1. The van der Waals surface area contributed by atoms with Gasteiger partial charge in [-0.05, 0) is 19.2 Å². The molecule has 0 amide bonds. The van der Waals surface area contributed by atoms with E-state index < -0.39 is 0 Å². The van der Waals surface area contributed by atoms with Crippen LogP contribution >= 0.6 is 0 Å². The lowest BCUT2D eigenvalue weighted by atomic mass is 10.2. The van der Waals surface area contributed by atoms with Gasteiger partial charge in [0.1, 0.15) is 0 Å². The fourth-order valence-electron chi connectivity index (χ4n) is 1.85. The van der Waals surface area contributed by atoms with E-state index in [1.54, 1.807) is 12.4 Å². The van der Waals surface area contributed by atoms with Crippen LogP contribution in [0.15, 0.2) is 24.5 Å². The van der Waals surface area contributed by atoms with Crippen LogP contribution in [0.5, 0.6) is 0 Å². The zero-order valence-electron chi connectivity index (χ0n) is 8.35. The molecule has 1 aliphatic heterocycles. The highest BCUT2D eigenvalue weighted by molar-refractivity contribution is 5.42. The molecule has 76 valence electrons. The summed E-state index contributed by atoms with van der Waals surface area (Å²) in [7, 11) is 2.09. The van der Waals surface area contributed by atoms with Crippen molar-refractivity contribution in [2.75, 3.05) is 25.5 Å². The maximum atomic E-state index is 6.00. The Morgan fingerprint density at radius 1 is 1.43 bits per heavy atom. The van der Waals surface area contributed by atoms with Crippen LogP contribution < -0.4 is 11.1 Å². The van der Waals surface area contributed by atoms with E-state index in [0.717, 1.165) is 18.8 Å². The van der Waals surface area contributed by atoms with Crippen molar-refractivity contribution in [3.05, 3.63) is 24.5 Å². The topological polar surface area (TPSA) is 54.2 Å². The Kier molecular flexibility index (Phi) is 2.65. The zero-order chi connectivity index (χ0) is 9.97. The van der Waals surface area contributed by atoms with Gasteiger partial charge in [0.2, 0.25) is 0 Å². The smallest absolute Gasteiger partial charge is 0.0551 e. The second-order valence-corrected chi connectivity index (χ2v) is 3.87. The van der Waals surface area contributed by atoms with Crippen LogP contribution in [0.3, 0.4) is 0 Å². The minimum Gasteiger partial charge on any atom is -0.379 e. The van der Waals surface area contributed by atoms with Gasteiger partial charge in [0, 0.05) is 37.2 Å². The first-order chi connectivity index (χ1) is 6.75. The maximum absolute atomic E-state index is 6.00. The molecule has 4 nitrogen and oxygen atoms in total. The summed E-state index contributed by atoms with van der Waals surface area (Å²) in [5.74, 6) is 0. The average Bonchev–Trinajstić information content (AvgIpc) is 2.47. The number of anilines is 1. The van der Waals surface area contributed by atoms with Gasteiger partial charge in [0.25, 0.3) is 0 Å². The van der Waals surface area contributed by atoms with E-state index in [9.17, 15) is 0 Å². The Labute approximate surface area is 84.1 Å². The molecule has 1 aromatic rings. The van der Waals surface area contributed by atoms with Crippen molar-refractivity contribution < 1.29 is 0 Å². The van der Waals surface area contributed by atoms with Crippen LogP contribution in [0.1, 0.15) is 0 Å². The first-order valence-electron chi connectivity index (χ1n) is 4.86. The van der Waals surface area contributed by atoms with Gasteiger partial charge in [0.15, 0.2) is 0 Å². The lowest BCUT2D eigenvalue weighted by Gasteiger charge is -2.17. The number of hydrogen-bond donors (Lipinski definition) is 2. The van der Waals surface area contributed by atoms with Crippen molar-refractivity contribution >= 4 is 5.69 Å². The molecule has 2 unspecified atom stereocenters. The molecule has 0 bridgehead atoms. The molecule has 14 heavy (non-hydrogen) atoms. The minimum atomic E-state index is 0.216. The van der Waals surface area contributed by atoms with Crippen LogP contribution in [0.2, 0.25) is 0 Å². The Bertz CT molecular complexity index is 287. The fourth-order valence-corrected chi connectivity index (χ4v) is 1.85. The average molecular weight is 192 g/mol. The number of nitrogens with two attached hydrogens (primary N) is 1. The molecule has 0 saturated carbocycles. The summed E-state index contributed by atoms with van der Waals surface area (Å²) in [6.07, 6.45) is 3.57. The highest BCUT2D eigenvalue weighted by Gasteiger charge is 2.27. The van der Waals surface area contributed by atoms with Gasteiger partial charge in [-0.1, -0.05) is 0 Å². The Morgan fingerprint density at radius 3 is 2.71 bits per heavy atom. The number of nitrogens with zero attached hydrogens (tertiary/aromatic N) is 2. The number of hydrogen-bond acceptors (Lipinski definition) is 4. The quantitative estimate of drug-likeness (QED) is 0.699. The van der Waals surface area contributed by atoms with Crippen molar-refractivity contribution in [1.29, 1.82) is 0 Å². The van der Waals surface area contributed by atoms with Gasteiger partial charge in [0.05, 0.1) is 6.04 Å². The van der Waals surface area contributed by atoms with E-state index in [4.69, 9.17) is 5.73 Å². The Morgan fingerprint density at radius 2 is 2.14 bits per heavy atom. The van der Waals surface area contributed by atoms with E-state index in [-0.39, 0.29) is 6.04 Å². The summed E-state index contributed by atoms with van der Waals surface area (Å²) in [5.41, 5.74) is 7.09. The summed E-state index contributed by atoms with van der Waals surface area (Å²) in [6.45, 7) is 1.96. The number of aromatic nitrogens is 1. The standard InChI is InChI=1S/C10H16N4/c1-14-6-9(11)10(7-14)13-8-2-4-12-5-3-8/h2-5,9-10H,6-7,11H2,1H3,(H,12,13). The normalized spacial score (nSPS) is 27.9. The minimum absolute atomic E-state index is 0.216. The van der Waals surface area contributed by atoms with Crippen molar-refractivity contribution in [3.8, 4) is 0 Å². The molecule has 4 heteroatoms. The Hall–Kier alpha value is -1.13. The van der Waals surface area contributed by atoms with Crippen molar-refractivity contribution in [3.63, 3.8) is 0 Å². The monoisotopic (exact) mass is 192 g/mol. The molecule has 0 spiro atoms. The molecule has 0 aliphatic carbocycles. The molecule has 0 radical (unpaired) electrons. The van der Waals surface area contributed by atoms with Crippen LogP contribution in [0.25, 0.3) is 0 Å². The van der Waals surface area contributed by atoms with E-state index >= 15 is 0 Å². The lowest BCUT2D eigenvalue weighted by Crippen LogP contribution is -2.38. The molecule has 2 rings (SSSR count). The molecule has 1 aliphatic rings. The number of likely N-dealkylation sites (tertiary alicyclic amines) is 1. The lowest BCUT2D eigenvalue weighted by molar-refractivity contribution is 0.409.